The van der Waals surface area contributed by atoms with E-state index in [9.17, 15) is 0 Å². The van der Waals surface area contributed by atoms with Gasteiger partial charge in [-0.25, -0.2) is 15.0 Å². The Morgan fingerprint density at radius 3 is 1.94 bits per heavy atom. The Morgan fingerprint density at radius 1 is 0.442 bits per heavy atom. The van der Waals surface area contributed by atoms with Crippen LogP contribution in [0.3, 0.4) is 0 Å². The maximum Gasteiger partial charge on any atom is 0.164 e. The molecule has 7 aromatic carbocycles. The molecule has 3 heterocycles. The number of hydrogen-bond donors (Lipinski definition) is 0. The molecule has 0 aliphatic carbocycles. The predicted molar refractivity (Wildman–Crippen MR) is 213 cm³/mol. The minimum absolute atomic E-state index is 0.549. The monoisotopic (exact) mass is 667 g/mol. The molecule has 5 heteroatoms. The van der Waals surface area contributed by atoms with E-state index in [1.165, 1.54) is 0 Å². The SMILES string of the molecule is C=C/C=C\c1cccc2oc3cc(-c4nc(-c5ccc6ccccc6c5)nc(-c5cc(-c6ccccc6)c6c(c5)oc5ccccc56)n4)ccc3c12. The zero-order valence-corrected chi connectivity index (χ0v) is 28.0. The van der Waals surface area contributed by atoms with Crippen LogP contribution in [0.1, 0.15) is 5.56 Å². The van der Waals surface area contributed by atoms with Crippen LogP contribution in [0, 0.1) is 0 Å². The van der Waals surface area contributed by atoms with Crippen LogP contribution in [0.4, 0.5) is 0 Å². The highest BCUT2D eigenvalue weighted by Gasteiger charge is 2.19. The number of benzene rings is 7. The lowest BCUT2D eigenvalue weighted by molar-refractivity contribution is 0.668. The summed E-state index contributed by atoms with van der Waals surface area (Å²) in [6.45, 7) is 3.83. The Hall–Kier alpha value is -7.11. The standard InChI is InChI=1S/C47H29N3O2/c1-2-3-12-31-17-11-20-40-43(31)37-24-23-34(27-41(37)52-40)46-48-45(33-22-21-29-13-7-8-16-32(29)25-33)49-47(50-46)35-26-38(30-14-5-4-6-15-30)44-36-18-9-10-19-39(36)51-42(44)28-35/h2-28H,1H2/b12-3-. The van der Waals surface area contributed by atoms with Gasteiger partial charge in [-0.2, -0.15) is 0 Å². The Labute approximate surface area is 298 Å². The molecule has 0 fully saturated rings. The van der Waals surface area contributed by atoms with Gasteiger partial charge in [-0.15, -0.1) is 0 Å². The van der Waals surface area contributed by atoms with Crippen molar-refractivity contribution in [1.29, 1.82) is 0 Å². The van der Waals surface area contributed by atoms with Crippen LogP contribution in [0.5, 0.6) is 0 Å². The average Bonchev–Trinajstić information content (AvgIpc) is 3.78. The predicted octanol–water partition coefficient (Wildman–Crippen LogP) is 12.7. The summed E-state index contributed by atoms with van der Waals surface area (Å²) in [6, 6.07) is 49.7. The van der Waals surface area contributed by atoms with Crippen molar-refractivity contribution in [1.82, 2.24) is 15.0 Å². The molecule has 244 valence electrons. The molecule has 10 aromatic rings. The van der Waals surface area contributed by atoms with Gasteiger partial charge in [0.1, 0.15) is 22.3 Å². The second kappa shape index (κ2) is 12.0. The summed E-state index contributed by atoms with van der Waals surface area (Å²) in [4.78, 5) is 15.4. The summed E-state index contributed by atoms with van der Waals surface area (Å²) in [5.74, 6) is 1.68. The zero-order chi connectivity index (χ0) is 34.6. The van der Waals surface area contributed by atoms with Crippen molar-refractivity contribution in [3.8, 4) is 45.3 Å². The van der Waals surface area contributed by atoms with Crippen LogP contribution < -0.4 is 0 Å². The molecule has 0 amide bonds. The van der Waals surface area contributed by atoms with Crippen molar-refractivity contribution in [2.24, 2.45) is 0 Å². The molecule has 52 heavy (non-hydrogen) atoms. The first-order chi connectivity index (χ1) is 25.7. The molecule has 3 aromatic heterocycles. The largest absolute Gasteiger partial charge is 0.456 e. The third-order valence-corrected chi connectivity index (χ3v) is 9.66. The topological polar surface area (TPSA) is 65.0 Å². The third kappa shape index (κ3) is 4.98. The number of furan rings is 2. The number of allylic oxidation sites excluding steroid dienone is 2. The Morgan fingerprint density at radius 2 is 1.10 bits per heavy atom. The number of fused-ring (bicyclic) bond motifs is 7. The summed E-state index contributed by atoms with van der Waals surface area (Å²) in [7, 11) is 0. The van der Waals surface area contributed by atoms with E-state index in [0.29, 0.717) is 17.5 Å². The molecule has 0 aliphatic heterocycles. The lowest BCUT2D eigenvalue weighted by atomic mass is 9.97. The fourth-order valence-corrected chi connectivity index (χ4v) is 7.22. The van der Waals surface area contributed by atoms with Gasteiger partial charge in [0.05, 0.1) is 0 Å². The summed E-state index contributed by atoms with van der Waals surface area (Å²) < 4.78 is 12.9. The molecule has 0 saturated carbocycles. The van der Waals surface area contributed by atoms with Gasteiger partial charge in [0.15, 0.2) is 17.5 Å². The van der Waals surface area contributed by atoms with E-state index >= 15 is 0 Å². The lowest BCUT2D eigenvalue weighted by Crippen LogP contribution is -2.00. The van der Waals surface area contributed by atoms with Crippen molar-refractivity contribution in [3.05, 3.63) is 170 Å². The minimum Gasteiger partial charge on any atom is -0.456 e. The highest BCUT2D eigenvalue weighted by Crippen LogP contribution is 2.40. The Balaban J connectivity index is 1.21. The summed E-state index contributed by atoms with van der Waals surface area (Å²) in [6.07, 6.45) is 5.77. The molecule has 0 unspecified atom stereocenters. The van der Waals surface area contributed by atoms with E-state index in [-0.39, 0.29) is 0 Å². The molecule has 0 spiro atoms. The van der Waals surface area contributed by atoms with E-state index in [1.807, 2.05) is 66.7 Å². The van der Waals surface area contributed by atoms with Gasteiger partial charge in [0, 0.05) is 38.2 Å². The van der Waals surface area contributed by atoms with Crippen molar-refractivity contribution in [2.75, 3.05) is 0 Å². The second-order valence-electron chi connectivity index (χ2n) is 12.9. The molecule has 0 aliphatic rings. The zero-order valence-electron chi connectivity index (χ0n) is 28.0. The molecule has 5 nitrogen and oxygen atoms in total. The Bertz CT molecular complexity index is 3040. The minimum atomic E-state index is 0.549. The van der Waals surface area contributed by atoms with Gasteiger partial charge in [0.2, 0.25) is 0 Å². The van der Waals surface area contributed by atoms with Gasteiger partial charge in [0.25, 0.3) is 0 Å². The highest BCUT2D eigenvalue weighted by molar-refractivity contribution is 6.14. The smallest absolute Gasteiger partial charge is 0.164 e. The first-order valence-electron chi connectivity index (χ1n) is 17.2. The summed E-state index contributed by atoms with van der Waals surface area (Å²) in [5, 5.41) is 6.48. The quantitative estimate of drug-likeness (QED) is 0.165. The van der Waals surface area contributed by atoms with Crippen molar-refractivity contribution in [2.45, 2.75) is 0 Å². The van der Waals surface area contributed by atoms with Crippen molar-refractivity contribution in [3.63, 3.8) is 0 Å². The molecular formula is C47H29N3O2. The summed E-state index contributed by atoms with van der Waals surface area (Å²) in [5.41, 5.74) is 8.96. The second-order valence-corrected chi connectivity index (χ2v) is 12.9. The fraction of sp³-hybridized carbons (Fsp3) is 0. The number of para-hydroxylation sites is 1. The molecular weight excluding hydrogens is 639 g/mol. The van der Waals surface area contributed by atoms with Gasteiger partial charge in [-0.3, -0.25) is 0 Å². The van der Waals surface area contributed by atoms with E-state index in [0.717, 1.165) is 88.0 Å². The first kappa shape index (κ1) is 29.8. The number of hydrogen-bond acceptors (Lipinski definition) is 5. The van der Waals surface area contributed by atoms with Gasteiger partial charge >= 0.3 is 0 Å². The fourth-order valence-electron chi connectivity index (χ4n) is 7.22. The van der Waals surface area contributed by atoms with Crippen LogP contribution >= 0.6 is 0 Å². The highest BCUT2D eigenvalue weighted by atomic mass is 16.3. The first-order valence-corrected chi connectivity index (χ1v) is 17.2. The maximum atomic E-state index is 6.47. The summed E-state index contributed by atoms with van der Waals surface area (Å²) >= 11 is 0. The third-order valence-electron chi connectivity index (χ3n) is 9.66. The Kier molecular flexibility index (Phi) is 6.89. The van der Waals surface area contributed by atoms with Crippen LogP contribution in [-0.2, 0) is 0 Å². The number of nitrogens with zero attached hydrogens (tertiary/aromatic N) is 3. The molecule has 0 radical (unpaired) electrons. The number of rotatable bonds is 6. The van der Waals surface area contributed by atoms with E-state index < -0.39 is 0 Å². The lowest BCUT2D eigenvalue weighted by Gasteiger charge is -2.11. The van der Waals surface area contributed by atoms with Crippen LogP contribution in [-0.4, -0.2) is 15.0 Å². The number of aromatic nitrogens is 3. The van der Waals surface area contributed by atoms with Crippen molar-refractivity contribution >= 4 is 60.7 Å². The molecule has 0 bridgehead atoms. The van der Waals surface area contributed by atoms with E-state index in [4.69, 9.17) is 23.8 Å². The van der Waals surface area contributed by atoms with E-state index in [1.54, 1.807) is 6.08 Å². The van der Waals surface area contributed by atoms with Crippen LogP contribution in [0.15, 0.2) is 173 Å². The van der Waals surface area contributed by atoms with Gasteiger partial charge < -0.3 is 8.83 Å². The molecule has 10 rings (SSSR count). The van der Waals surface area contributed by atoms with E-state index in [2.05, 4.69) is 97.6 Å². The van der Waals surface area contributed by atoms with Crippen LogP contribution in [0.25, 0.3) is 106 Å². The molecule has 0 N–H and O–H groups in total. The van der Waals surface area contributed by atoms with Gasteiger partial charge in [-0.05, 0) is 69.9 Å². The van der Waals surface area contributed by atoms with Gasteiger partial charge in [-0.1, -0.05) is 128 Å². The maximum absolute atomic E-state index is 6.47. The van der Waals surface area contributed by atoms with Crippen LogP contribution in [0.2, 0.25) is 0 Å². The average molecular weight is 668 g/mol. The molecule has 0 saturated heterocycles. The molecule has 0 atom stereocenters. The normalized spacial score (nSPS) is 11.8. The van der Waals surface area contributed by atoms with Crippen molar-refractivity contribution < 1.29 is 8.83 Å².